The molecule has 2 atom stereocenters. The van der Waals surface area contributed by atoms with E-state index in [2.05, 4.69) is 72.1 Å². The zero-order valence-corrected chi connectivity index (χ0v) is 18.9. The highest BCUT2D eigenvalue weighted by atomic mass is 15.2. The van der Waals surface area contributed by atoms with Crippen LogP contribution in [0.1, 0.15) is 81.6 Å². The van der Waals surface area contributed by atoms with E-state index in [0.29, 0.717) is 0 Å². The zero-order valence-electron chi connectivity index (χ0n) is 18.9. The lowest BCUT2D eigenvalue weighted by Gasteiger charge is -2.40. The fraction of sp³-hybridized carbons (Fsp3) is 1.00. The molecule has 2 rings (SSSR count). The van der Waals surface area contributed by atoms with Crippen LogP contribution in [0.2, 0.25) is 0 Å². The number of piperidine rings is 2. The third kappa shape index (κ3) is 7.59. The first-order valence-corrected chi connectivity index (χ1v) is 11.1. The quantitative estimate of drug-likeness (QED) is 0.633. The smallest absolute Gasteiger partial charge is 0.00387 e. The molecule has 2 fully saturated rings. The van der Waals surface area contributed by atoms with Crippen molar-refractivity contribution in [1.82, 2.24) is 9.80 Å². The standard InChI is InChI=1S/C12H25N.C11H23N/c1-9(2)12-6-7-13(10(3)4)8-11(12)5;1-9(2)11-5-7-12(8-6-11)10(3)4/h9-12H,6-8H2,1-5H3;9-11H,5-8H2,1-4H3. The van der Waals surface area contributed by atoms with Crippen LogP contribution in [0.25, 0.3) is 0 Å². The topological polar surface area (TPSA) is 6.48 Å². The molecule has 2 heteroatoms. The predicted molar refractivity (Wildman–Crippen MR) is 113 cm³/mol. The van der Waals surface area contributed by atoms with E-state index in [1.54, 1.807) is 0 Å². The molecule has 0 aliphatic carbocycles. The van der Waals surface area contributed by atoms with Gasteiger partial charge in [-0.25, -0.2) is 0 Å². The second kappa shape index (κ2) is 10.9. The van der Waals surface area contributed by atoms with Crippen LogP contribution >= 0.6 is 0 Å². The molecule has 0 aromatic heterocycles. The fourth-order valence-corrected chi connectivity index (χ4v) is 4.76. The van der Waals surface area contributed by atoms with E-state index >= 15 is 0 Å². The lowest BCUT2D eigenvalue weighted by molar-refractivity contribution is 0.0799. The van der Waals surface area contributed by atoms with Crippen LogP contribution in [0, 0.1) is 29.6 Å². The Bertz CT molecular complexity index is 324. The Morgan fingerprint density at radius 2 is 1.12 bits per heavy atom. The van der Waals surface area contributed by atoms with Gasteiger partial charge < -0.3 is 9.80 Å². The van der Waals surface area contributed by atoms with E-state index in [0.717, 1.165) is 41.7 Å². The average molecular weight is 353 g/mol. The first-order chi connectivity index (χ1) is 11.6. The van der Waals surface area contributed by atoms with Crippen molar-refractivity contribution < 1.29 is 0 Å². The molecule has 2 saturated heterocycles. The minimum atomic E-state index is 0.732. The van der Waals surface area contributed by atoms with Gasteiger partial charge in [0.25, 0.3) is 0 Å². The van der Waals surface area contributed by atoms with Gasteiger partial charge in [0.2, 0.25) is 0 Å². The highest BCUT2D eigenvalue weighted by molar-refractivity contribution is 4.81. The molecule has 2 unspecified atom stereocenters. The highest BCUT2D eigenvalue weighted by Gasteiger charge is 2.28. The summed E-state index contributed by atoms with van der Waals surface area (Å²) in [6.07, 6.45) is 4.22. The Hall–Kier alpha value is -0.0800. The molecule has 0 amide bonds. The number of rotatable bonds is 4. The van der Waals surface area contributed by atoms with Gasteiger partial charge in [0.1, 0.15) is 0 Å². The van der Waals surface area contributed by atoms with E-state index in [-0.39, 0.29) is 0 Å². The van der Waals surface area contributed by atoms with Crippen molar-refractivity contribution in [3.63, 3.8) is 0 Å². The lowest BCUT2D eigenvalue weighted by atomic mass is 9.79. The van der Waals surface area contributed by atoms with E-state index in [1.807, 2.05) is 0 Å². The molecule has 2 aliphatic heterocycles. The maximum absolute atomic E-state index is 2.61. The maximum Gasteiger partial charge on any atom is 0.00387 e. The van der Waals surface area contributed by atoms with E-state index in [9.17, 15) is 0 Å². The third-order valence-corrected chi connectivity index (χ3v) is 6.84. The van der Waals surface area contributed by atoms with Crippen LogP contribution in [-0.4, -0.2) is 48.1 Å². The molecule has 2 nitrogen and oxygen atoms in total. The molecule has 0 bridgehead atoms. The van der Waals surface area contributed by atoms with Gasteiger partial charge in [-0.3, -0.25) is 0 Å². The summed E-state index contributed by atoms with van der Waals surface area (Å²) in [6, 6.07) is 1.48. The summed E-state index contributed by atoms with van der Waals surface area (Å²) in [4.78, 5) is 5.21. The number of likely N-dealkylation sites (tertiary alicyclic amines) is 2. The van der Waals surface area contributed by atoms with Crippen molar-refractivity contribution in [3.05, 3.63) is 0 Å². The van der Waals surface area contributed by atoms with Gasteiger partial charge in [-0.2, -0.15) is 0 Å². The normalized spacial score (nSPS) is 27.2. The van der Waals surface area contributed by atoms with Crippen LogP contribution in [-0.2, 0) is 0 Å². The maximum atomic E-state index is 2.61. The van der Waals surface area contributed by atoms with E-state index < -0.39 is 0 Å². The van der Waals surface area contributed by atoms with Gasteiger partial charge >= 0.3 is 0 Å². The molecule has 0 saturated carbocycles. The Morgan fingerprint density at radius 3 is 1.48 bits per heavy atom. The van der Waals surface area contributed by atoms with Crippen LogP contribution < -0.4 is 0 Å². The minimum Gasteiger partial charge on any atom is -0.301 e. The summed E-state index contributed by atoms with van der Waals surface area (Å²) >= 11 is 0. The number of hydrogen-bond donors (Lipinski definition) is 0. The molecule has 25 heavy (non-hydrogen) atoms. The van der Waals surface area contributed by atoms with Crippen LogP contribution in [0.5, 0.6) is 0 Å². The summed E-state index contributed by atoms with van der Waals surface area (Å²) in [5, 5.41) is 0. The van der Waals surface area contributed by atoms with Crippen molar-refractivity contribution in [3.8, 4) is 0 Å². The molecule has 2 heterocycles. The van der Waals surface area contributed by atoms with Crippen LogP contribution in [0.4, 0.5) is 0 Å². The molecule has 0 aromatic carbocycles. The Labute approximate surface area is 159 Å². The Morgan fingerprint density at radius 1 is 0.640 bits per heavy atom. The summed E-state index contributed by atoms with van der Waals surface area (Å²) in [5.74, 6) is 4.58. The molecular weight excluding hydrogens is 304 g/mol. The van der Waals surface area contributed by atoms with Crippen molar-refractivity contribution in [1.29, 1.82) is 0 Å². The van der Waals surface area contributed by atoms with Gasteiger partial charge in [0.15, 0.2) is 0 Å². The highest BCUT2D eigenvalue weighted by Crippen LogP contribution is 2.30. The van der Waals surface area contributed by atoms with Crippen LogP contribution in [0.3, 0.4) is 0 Å². The molecule has 2 aliphatic rings. The van der Waals surface area contributed by atoms with E-state index in [4.69, 9.17) is 0 Å². The lowest BCUT2D eigenvalue weighted by Crippen LogP contribution is -2.44. The zero-order chi connectivity index (χ0) is 19.1. The van der Waals surface area contributed by atoms with Gasteiger partial charge in [-0.1, -0.05) is 34.6 Å². The van der Waals surface area contributed by atoms with Crippen molar-refractivity contribution >= 4 is 0 Å². The first kappa shape index (κ1) is 23.0. The summed E-state index contributed by atoms with van der Waals surface area (Å²) in [5.41, 5.74) is 0. The van der Waals surface area contributed by atoms with Crippen molar-refractivity contribution in [2.24, 2.45) is 29.6 Å². The van der Waals surface area contributed by atoms with Gasteiger partial charge in [0.05, 0.1) is 0 Å². The third-order valence-electron chi connectivity index (χ3n) is 6.84. The fourth-order valence-electron chi connectivity index (χ4n) is 4.76. The molecule has 0 radical (unpaired) electrons. The number of nitrogens with zero attached hydrogens (tertiary/aromatic N) is 2. The predicted octanol–water partition coefficient (Wildman–Crippen LogP) is 5.77. The largest absolute Gasteiger partial charge is 0.301 e. The SMILES string of the molecule is CC(C)C1CCN(C(C)C)CC1.CC(C)C1CCN(C(C)C)CC1C. The van der Waals surface area contributed by atoms with Crippen LogP contribution in [0.15, 0.2) is 0 Å². The van der Waals surface area contributed by atoms with E-state index in [1.165, 1.54) is 45.4 Å². The second-order valence-corrected chi connectivity index (χ2v) is 9.97. The summed E-state index contributed by atoms with van der Waals surface area (Å²) in [7, 11) is 0. The number of hydrogen-bond acceptors (Lipinski definition) is 2. The minimum absolute atomic E-state index is 0.732. The molecule has 0 N–H and O–H groups in total. The van der Waals surface area contributed by atoms with Crippen molar-refractivity contribution in [2.45, 2.75) is 93.7 Å². The van der Waals surface area contributed by atoms with Crippen molar-refractivity contribution in [2.75, 3.05) is 26.2 Å². The van der Waals surface area contributed by atoms with Gasteiger partial charge in [0, 0.05) is 18.6 Å². The Kier molecular flexibility index (Phi) is 10.0. The van der Waals surface area contributed by atoms with Gasteiger partial charge in [-0.05, 0) is 96.2 Å². The summed E-state index contributed by atoms with van der Waals surface area (Å²) in [6.45, 7) is 26.3. The average Bonchev–Trinajstić information content (AvgIpc) is 2.54. The summed E-state index contributed by atoms with van der Waals surface area (Å²) < 4.78 is 0. The molecule has 0 spiro atoms. The molecule has 150 valence electrons. The Balaban J connectivity index is 0.000000251. The second-order valence-electron chi connectivity index (χ2n) is 9.97. The van der Waals surface area contributed by atoms with Gasteiger partial charge in [-0.15, -0.1) is 0 Å². The molecule has 0 aromatic rings. The first-order valence-electron chi connectivity index (χ1n) is 11.1. The molecular formula is C23H48N2. The monoisotopic (exact) mass is 352 g/mol.